The first-order valence-electron chi connectivity index (χ1n) is 3.85. The molecule has 0 spiro atoms. The van der Waals surface area contributed by atoms with Crippen molar-refractivity contribution in [2.45, 2.75) is 18.5 Å². The first-order chi connectivity index (χ1) is 4.90. The summed E-state index contributed by atoms with van der Waals surface area (Å²) in [6, 6.07) is 1.41. The highest BCUT2D eigenvalue weighted by molar-refractivity contribution is 8.00. The van der Waals surface area contributed by atoms with E-state index in [9.17, 15) is 0 Å². The molecular formula is C7H13NOS. The van der Waals surface area contributed by atoms with Crippen LogP contribution in [0.15, 0.2) is 0 Å². The number of aliphatic hydroxyl groups excluding tert-OH is 1. The van der Waals surface area contributed by atoms with Crippen molar-refractivity contribution in [2.75, 3.05) is 18.1 Å². The van der Waals surface area contributed by atoms with E-state index < -0.39 is 0 Å². The van der Waals surface area contributed by atoms with Crippen molar-refractivity contribution >= 4 is 11.8 Å². The lowest BCUT2D eigenvalue weighted by atomic mass is 10.3. The van der Waals surface area contributed by atoms with Gasteiger partial charge in [0.1, 0.15) is 0 Å². The molecule has 0 amide bonds. The van der Waals surface area contributed by atoms with Gasteiger partial charge in [0.15, 0.2) is 0 Å². The van der Waals surface area contributed by atoms with Gasteiger partial charge in [0.05, 0.1) is 0 Å². The number of rotatable bonds is 3. The molecule has 10 heavy (non-hydrogen) atoms. The Bertz CT molecular complexity index is 127. The van der Waals surface area contributed by atoms with E-state index in [1.54, 1.807) is 0 Å². The molecule has 2 atom stereocenters. The topological polar surface area (TPSA) is 32.3 Å². The van der Waals surface area contributed by atoms with Crippen LogP contribution in [0.3, 0.4) is 0 Å². The first kappa shape index (κ1) is 6.95. The molecule has 2 rings (SSSR count). The molecule has 0 aromatic heterocycles. The van der Waals surface area contributed by atoms with Crippen molar-refractivity contribution in [3.63, 3.8) is 0 Å². The minimum atomic E-state index is 0.373. The van der Waals surface area contributed by atoms with Crippen LogP contribution < -0.4 is 5.32 Å². The van der Waals surface area contributed by atoms with E-state index in [0.717, 1.165) is 6.04 Å². The summed E-state index contributed by atoms with van der Waals surface area (Å²) in [5, 5.41) is 12.2. The molecule has 1 heterocycles. The Balaban J connectivity index is 1.63. The van der Waals surface area contributed by atoms with Crippen LogP contribution in [0, 0.1) is 5.92 Å². The molecule has 0 aromatic carbocycles. The van der Waals surface area contributed by atoms with Gasteiger partial charge in [0.2, 0.25) is 0 Å². The quantitative estimate of drug-likeness (QED) is 0.611. The Kier molecular flexibility index (Phi) is 1.89. The molecule has 2 N–H and O–H groups in total. The van der Waals surface area contributed by atoms with Gasteiger partial charge in [0, 0.05) is 30.2 Å². The van der Waals surface area contributed by atoms with Gasteiger partial charge in [-0.1, -0.05) is 0 Å². The lowest BCUT2D eigenvalue weighted by molar-refractivity contribution is 0.269. The fourth-order valence-electron chi connectivity index (χ4n) is 1.29. The maximum Gasteiger partial charge on any atom is 0.0474 e. The van der Waals surface area contributed by atoms with Gasteiger partial charge in [-0.15, -0.1) is 0 Å². The second kappa shape index (κ2) is 2.72. The Labute approximate surface area is 65.4 Å². The van der Waals surface area contributed by atoms with Gasteiger partial charge >= 0.3 is 0 Å². The molecule has 0 unspecified atom stereocenters. The van der Waals surface area contributed by atoms with Crippen molar-refractivity contribution in [3.8, 4) is 0 Å². The minimum Gasteiger partial charge on any atom is -0.396 e. The summed E-state index contributed by atoms with van der Waals surface area (Å²) in [5.41, 5.74) is 0. The van der Waals surface area contributed by atoms with Crippen molar-refractivity contribution in [2.24, 2.45) is 5.92 Å². The lowest BCUT2D eigenvalue weighted by Gasteiger charge is -2.26. The summed E-state index contributed by atoms with van der Waals surface area (Å²) in [5.74, 6) is 3.12. The van der Waals surface area contributed by atoms with Crippen molar-refractivity contribution in [1.29, 1.82) is 0 Å². The summed E-state index contributed by atoms with van der Waals surface area (Å²) < 4.78 is 0. The van der Waals surface area contributed by atoms with E-state index in [0.29, 0.717) is 18.6 Å². The standard InChI is InChI=1S/C7H13NOS/c9-2-5-1-7(5)8-6-3-10-4-6/h5-9H,1-4H2/t5-,7+/m0/s1. The molecule has 2 aliphatic rings. The third kappa shape index (κ3) is 1.31. The van der Waals surface area contributed by atoms with Crippen LogP contribution in [0.4, 0.5) is 0 Å². The zero-order valence-corrected chi connectivity index (χ0v) is 6.73. The predicted octanol–water partition coefficient (Wildman–Crippen LogP) is 0.0722. The molecule has 0 radical (unpaired) electrons. The average Bonchev–Trinajstić information content (AvgIpc) is 2.57. The van der Waals surface area contributed by atoms with E-state index in [2.05, 4.69) is 5.32 Å². The SMILES string of the molecule is OC[C@@H]1C[C@H]1NC1CSC1. The van der Waals surface area contributed by atoms with Crippen LogP contribution in [0.5, 0.6) is 0 Å². The number of nitrogens with one attached hydrogen (secondary N) is 1. The molecule has 1 saturated carbocycles. The second-order valence-electron chi connectivity index (χ2n) is 3.19. The fourth-order valence-corrected chi connectivity index (χ4v) is 1.95. The number of aliphatic hydroxyl groups is 1. The number of hydrogen-bond acceptors (Lipinski definition) is 3. The number of hydrogen-bond donors (Lipinski definition) is 2. The maximum atomic E-state index is 8.73. The molecular weight excluding hydrogens is 146 g/mol. The Morgan fingerprint density at radius 3 is 2.70 bits per heavy atom. The van der Waals surface area contributed by atoms with Gasteiger partial charge in [-0.25, -0.2) is 0 Å². The van der Waals surface area contributed by atoms with Crippen LogP contribution >= 0.6 is 11.8 Å². The Hall–Kier alpha value is 0.270. The maximum absolute atomic E-state index is 8.73. The Morgan fingerprint density at radius 2 is 2.30 bits per heavy atom. The van der Waals surface area contributed by atoms with Crippen LogP contribution in [-0.2, 0) is 0 Å². The van der Waals surface area contributed by atoms with Crippen LogP contribution in [0.1, 0.15) is 6.42 Å². The van der Waals surface area contributed by atoms with E-state index in [1.807, 2.05) is 11.8 Å². The molecule has 0 bridgehead atoms. The summed E-state index contributed by atoms with van der Waals surface area (Å²) >= 11 is 2.00. The molecule has 3 heteroatoms. The predicted molar refractivity (Wildman–Crippen MR) is 43.2 cm³/mol. The van der Waals surface area contributed by atoms with Crippen LogP contribution in [-0.4, -0.2) is 35.3 Å². The minimum absolute atomic E-state index is 0.373. The van der Waals surface area contributed by atoms with E-state index in [4.69, 9.17) is 5.11 Å². The molecule has 1 aliphatic heterocycles. The monoisotopic (exact) mass is 159 g/mol. The normalized spacial score (nSPS) is 39.3. The molecule has 58 valence electrons. The largest absolute Gasteiger partial charge is 0.396 e. The van der Waals surface area contributed by atoms with Crippen molar-refractivity contribution in [3.05, 3.63) is 0 Å². The first-order valence-corrected chi connectivity index (χ1v) is 5.00. The number of thioether (sulfide) groups is 1. The summed E-state index contributed by atoms with van der Waals surface area (Å²) in [4.78, 5) is 0. The molecule has 1 saturated heterocycles. The van der Waals surface area contributed by atoms with E-state index >= 15 is 0 Å². The van der Waals surface area contributed by atoms with Gasteiger partial charge in [0.25, 0.3) is 0 Å². The third-order valence-electron chi connectivity index (χ3n) is 2.24. The van der Waals surface area contributed by atoms with Crippen molar-refractivity contribution in [1.82, 2.24) is 5.32 Å². The highest BCUT2D eigenvalue weighted by Crippen LogP contribution is 2.31. The molecule has 1 aliphatic carbocycles. The van der Waals surface area contributed by atoms with E-state index in [1.165, 1.54) is 17.9 Å². The van der Waals surface area contributed by atoms with Crippen molar-refractivity contribution < 1.29 is 5.11 Å². The average molecular weight is 159 g/mol. The van der Waals surface area contributed by atoms with Gasteiger partial charge < -0.3 is 10.4 Å². The highest BCUT2D eigenvalue weighted by Gasteiger charge is 2.38. The zero-order valence-electron chi connectivity index (χ0n) is 5.92. The summed E-state index contributed by atoms with van der Waals surface area (Å²) in [6.07, 6.45) is 1.19. The summed E-state index contributed by atoms with van der Waals surface area (Å²) in [6.45, 7) is 0.373. The Morgan fingerprint density at radius 1 is 1.50 bits per heavy atom. The molecule has 2 fully saturated rings. The summed E-state index contributed by atoms with van der Waals surface area (Å²) in [7, 11) is 0. The van der Waals surface area contributed by atoms with Gasteiger partial charge in [-0.05, 0) is 12.3 Å². The van der Waals surface area contributed by atoms with Gasteiger partial charge in [-0.2, -0.15) is 11.8 Å². The van der Waals surface area contributed by atoms with E-state index in [-0.39, 0.29) is 0 Å². The lowest BCUT2D eigenvalue weighted by Crippen LogP contribution is -2.42. The zero-order chi connectivity index (χ0) is 6.97. The third-order valence-corrected chi connectivity index (χ3v) is 3.52. The molecule has 2 nitrogen and oxygen atoms in total. The highest BCUT2D eigenvalue weighted by atomic mass is 32.2. The smallest absolute Gasteiger partial charge is 0.0474 e. The fraction of sp³-hybridized carbons (Fsp3) is 1.00. The molecule has 0 aromatic rings. The second-order valence-corrected chi connectivity index (χ2v) is 4.26. The van der Waals surface area contributed by atoms with Crippen LogP contribution in [0.2, 0.25) is 0 Å². The van der Waals surface area contributed by atoms with Gasteiger partial charge in [-0.3, -0.25) is 0 Å². The van der Waals surface area contributed by atoms with Crippen LogP contribution in [0.25, 0.3) is 0 Å².